The summed E-state index contributed by atoms with van der Waals surface area (Å²) < 4.78 is 0. The second-order valence-electron chi connectivity index (χ2n) is 5.81. The quantitative estimate of drug-likeness (QED) is 0.877. The molecule has 20 heavy (non-hydrogen) atoms. The third kappa shape index (κ3) is 3.38. The summed E-state index contributed by atoms with van der Waals surface area (Å²) in [7, 11) is 0. The predicted molar refractivity (Wildman–Crippen MR) is 84.0 cm³/mol. The molecule has 112 valence electrons. The maximum Gasteiger partial charge on any atom is 0.243 e. The number of nitrogens with two attached hydrogens (primary N) is 1. The van der Waals surface area contributed by atoms with E-state index in [9.17, 15) is 4.79 Å². The first kappa shape index (κ1) is 15.4. The topological polar surface area (TPSA) is 68.0 Å². The first-order valence-electron chi connectivity index (χ1n) is 7.60. The van der Waals surface area contributed by atoms with Gasteiger partial charge < -0.3 is 11.1 Å². The van der Waals surface area contributed by atoms with Crippen LogP contribution < -0.4 is 11.1 Å². The number of aromatic nitrogens is 1. The fraction of sp³-hybridized carbons (Fsp3) is 0.733. The number of thiazole rings is 1. The minimum atomic E-state index is -0.454. The fourth-order valence-electron chi connectivity index (χ4n) is 2.55. The molecule has 1 heterocycles. The lowest BCUT2D eigenvalue weighted by Gasteiger charge is -2.18. The third-order valence-corrected chi connectivity index (χ3v) is 5.44. The van der Waals surface area contributed by atoms with Gasteiger partial charge in [-0.25, -0.2) is 4.98 Å². The van der Waals surface area contributed by atoms with Crippen LogP contribution in [0, 0.1) is 11.8 Å². The number of carbonyl (C=O) groups is 1. The molecule has 0 saturated carbocycles. The van der Waals surface area contributed by atoms with Gasteiger partial charge in [0.2, 0.25) is 5.91 Å². The minimum Gasteiger partial charge on any atom is -0.320 e. The average molecular weight is 295 g/mol. The number of anilines is 1. The number of nitrogens with one attached hydrogen (secondary N) is 1. The van der Waals surface area contributed by atoms with E-state index < -0.39 is 6.04 Å². The lowest BCUT2D eigenvalue weighted by atomic mass is 9.89. The van der Waals surface area contributed by atoms with E-state index in [1.54, 1.807) is 11.3 Å². The van der Waals surface area contributed by atoms with Crippen LogP contribution in [0.2, 0.25) is 0 Å². The zero-order valence-corrected chi connectivity index (χ0v) is 13.4. The molecule has 4 nitrogen and oxygen atoms in total. The van der Waals surface area contributed by atoms with Crippen LogP contribution in [0.25, 0.3) is 0 Å². The van der Waals surface area contributed by atoms with Crippen molar-refractivity contribution < 1.29 is 4.79 Å². The van der Waals surface area contributed by atoms with E-state index in [1.165, 1.54) is 23.4 Å². The number of aryl methyl sites for hydroxylation is 1. The second-order valence-corrected chi connectivity index (χ2v) is 6.89. The number of hydrogen-bond donors (Lipinski definition) is 2. The Bertz CT molecular complexity index is 472. The van der Waals surface area contributed by atoms with E-state index in [-0.39, 0.29) is 11.8 Å². The van der Waals surface area contributed by atoms with E-state index >= 15 is 0 Å². The molecule has 0 saturated heterocycles. The van der Waals surface area contributed by atoms with Crippen molar-refractivity contribution in [1.82, 2.24) is 4.98 Å². The zero-order valence-electron chi connectivity index (χ0n) is 12.6. The Kier molecular flexibility index (Phi) is 5.16. The molecule has 1 aromatic rings. The third-order valence-electron chi connectivity index (χ3n) is 4.41. The molecule has 0 fully saturated rings. The molecule has 0 bridgehead atoms. The number of fused-ring (bicyclic) bond motifs is 1. The maximum atomic E-state index is 12.1. The Labute approximate surface area is 125 Å². The van der Waals surface area contributed by atoms with Crippen LogP contribution in [0.5, 0.6) is 0 Å². The molecule has 5 heteroatoms. The van der Waals surface area contributed by atoms with Gasteiger partial charge in [0.1, 0.15) is 0 Å². The monoisotopic (exact) mass is 295 g/mol. The number of hydrogen-bond acceptors (Lipinski definition) is 4. The van der Waals surface area contributed by atoms with Crippen LogP contribution >= 0.6 is 11.3 Å². The van der Waals surface area contributed by atoms with Gasteiger partial charge in [0.25, 0.3) is 0 Å². The van der Waals surface area contributed by atoms with E-state index in [4.69, 9.17) is 5.73 Å². The summed E-state index contributed by atoms with van der Waals surface area (Å²) in [6.45, 7) is 6.29. The molecule has 3 N–H and O–H groups in total. The summed E-state index contributed by atoms with van der Waals surface area (Å²) >= 11 is 1.62. The van der Waals surface area contributed by atoms with Gasteiger partial charge in [-0.2, -0.15) is 0 Å². The van der Waals surface area contributed by atoms with Crippen LogP contribution in [-0.4, -0.2) is 16.9 Å². The van der Waals surface area contributed by atoms with Gasteiger partial charge in [-0.15, -0.1) is 11.3 Å². The number of nitrogens with zero attached hydrogens (tertiary/aromatic N) is 1. The fourth-order valence-corrected chi connectivity index (χ4v) is 3.67. The highest BCUT2D eigenvalue weighted by atomic mass is 32.1. The Balaban J connectivity index is 2.01. The largest absolute Gasteiger partial charge is 0.320 e. The Morgan fingerprint density at radius 1 is 1.55 bits per heavy atom. The van der Waals surface area contributed by atoms with E-state index in [2.05, 4.69) is 17.2 Å². The van der Waals surface area contributed by atoms with Crippen molar-refractivity contribution in [3.8, 4) is 0 Å². The van der Waals surface area contributed by atoms with Crippen LogP contribution in [0.15, 0.2) is 0 Å². The van der Waals surface area contributed by atoms with Gasteiger partial charge in [0.05, 0.1) is 11.7 Å². The summed E-state index contributed by atoms with van der Waals surface area (Å²) in [6, 6.07) is -0.454. The van der Waals surface area contributed by atoms with Gasteiger partial charge in [-0.3, -0.25) is 4.79 Å². The van der Waals surface area contributed by atoms with Crippen molar-refractivity contribution >= 4 is 22.4 Å². The summed E-state index contributed by atoms with van der Waals surface area (Å²) in [6.07, 6.45) is 5.49. The summed E-state index contributed by atoms with van der Waals surface area (Å²) in [5.74, 6) is 0.848. The molecule has 3 unspecified atom stereocenters. The highest BCUT2D eigenvalue weighted by molar-refractivity contribution is 7.15. The average Bonchev–Trinajstić information content (AvgIpc) is 2.86. The molecule has 0 radical (unpaired) electrons. The first-order chi connectivity index (χ1) is 9.55. The Morgan fingerprint density at radius 2 is 2.30 bits per heavy atom. The van der Waals surface area contributed by atoms with Gasteiger partial charge >= 0.3 is 0 Å². The van der Waals surface area contributed by atoms with E-state index in [1.807, 2.05) is 13.8 Å². The van der Waals surface area contributed by atoms with Crippen molar-refractivity contribution in [2.24, 2.45) is 17.6 Å². The van der Waals surface area contributed by atoms with Crippen LogP contribution in [0.3, 0.4) is 0 Å². The first-order valence-corrected chi connectivity index (χ1v) is 8.41. The van der Waals surface area contributed by atoms with Crippen molar-refractivity contribution in [1.29, 1.82) is 0 Å². The zero-order chi connectivity index (χ0) is 14.7. The lowest BCUT2D eigenvalue weighted by Crippen LogP contribution is -2.40. The molecule has 1 aromatic heterocycles. The highest BCUT2D eigenvalue weighted by Gasteiger charge is 2.24. The Hall–Kier alpha value is -0.940. The molecule has 1 aliphatic carbocycles. The van der Waals surface area contributed by atoms with Gasteiger partial charge in [0.15, 0.2) is 5.13 Å². The molecular formula is C15H25N3OS. The standard InChI is InChI=1S/C15H25N3OS/c1-4-9(3)13(16)14(19)18-15-17-11-7-6-10(5-2)8-12(11)20-15/h9-10,13H,4-8,16H2,1-3H3,(H,17,18,19). The van der Waals surface area contributed by atoms with Crippen molar-refractivity contribution in [2.75, 3.05) is 5.32 Å². The summed E-state index contributed by atoms with van der Waals surface area (Å²) in [5, 5.41) is 3.61. The summed E-state index contributed by atoms with van der Waals surface area (Å²) in [5.41, 5.74) is 7.12. The van der Waals surface area contributed by atoms with Crippen LogP contribution in [-0.2, 0) is 17.6 Å². The van der Waals surface area contributed by atoms with Gasteiger partial charge in [-0.05, 0) is 31.1 Å². The molecular weight excluding hydrogens is 270 g/mol. The number of rotatable bonds is 5. The molecule has 1 amide bonds. The van der Waals surface area contributed by atoms with Crippen molar-refractivity contribution in [3.63, 3.8) is 0 Å². The number of carbonyl (C=O) groups excluding carboxylic acids is 1. The van der Waals surface area contributed by atoms with E-state index in [0.29, 0.717) is 0 Å². The summed E-state index contributed by atoms with van der Waals surface area (Å²) in [4.78, 5) is 18.0. The predicted octanol–water partition coefficient (Wildman–Crippen LogP) is 2.97. The van der Waals surface area contributed by atoms with Gasteiger partial charge in [-0.1, -0.05) is 33.6 Å². The van der Waals surface area contributed by atoms with Crippen molar-refractivity contribution in [3.05, 3.63) is 10.6 Å². The lowest BCUT2D eigenvalue weighted by molar-refractivity contribution is -0.118. The molecule has 0 aromatic carbocycles. The highest BCUT2D eigenvalue weighted by Crippen LogP contribution is 2.33. The van der Waals surface area contributed by atoms with Crippen molar-refractivity contribution in [2.45, 2.75) is 58.9 Å². The maximum absolute atomic E-state index is 12.1. The SMILES string of the molecule is CCC1CCc2nc(NC(=O)C(N)C(C)CC)sc2C1. The smallest absolute Gasteiger partial charge is 0.243 e. The molecule has 1 aliphatic rings. The molecule has 0 spiro atoms. The van der Waals surface area contributed by atoms with Gasteiger partial charge in [0, 0.05) is 4.88 Å². The molecule has 0 aliphatic heterocycles. The van der Waals surface area contributed by atoms with E-state index in [0.717, 1.165) is 30.3 Å². The minimum absolute atomic E-state index is 0.113. The molecule has 2 rings (SSSR count). The number of amides is 1. The Morgan fingerprint density at radius 3 is 2.95 bits per heavy atom. The second kappa shape index (κ2) is 6.68. The molecule has 3 atom stereocenters. The normalized spacial score (nSPS) is 21.1. The van der Waals surface area contributed by atoms with Crippen LogP contribution in [0.4, 0.5) is 5.13 Å². The van der Waals surface area contributed by atoms with Crippen LogP contribution in [0.1, 0.15) is 50.6 Å².